The van der Waals surface area contributed by atoms with Crippen LogP contribution in [0.3, 0.4) is 0 Å². The van der Waals surface area contributed by atoms with Crippen molar-refractivity contribution in [2.45, 2.75) is 6.54 Å². The topological polar surface area (TPSA) is 50.6 Å². The molecule has 2 heterocycles. The van der Waals surface area contributed by atoms with Gasteiger partial charge in [0.1, 0.15) is 11.6 Å². The van der Waals surface area contributed by atoms with E-state index in [0.717, 1.165) is 55.3 Å². The van der Waals surface area contributed by atoms with Crippen molar-refractivity contribution >= 4 is 16.9 Å². The molecule has 27 heavy (non-hydrogen) atoms. The number of amides is 1. The minimum atomic E-state index is 0.0428. The quantitative estimate of drug-likeness (QED) is 0.697. The number of rotatable bonds is 5. The number of hydrogen-bond acceptors (Lipinski definition) is 4. The van der Waals surface area contributed by atoms with Crippen LogP contribution in [-0.2, 0) is 18.4 Å². The fraction of sp³-hybridized carbons (Fsp3) is 0.333. The summed E-state index contributed by atoms with van der Waals surface area (Å²) < 4.78 is 7.73. The van der Waals surface area contributed by atoms with Gasteiger partial charge in [-0.1, -0.05) is 30.3 Å². The molecule has 140 valence electrons. The highest BCUT2D eigenvalue weighted by Crippen LogP contribution is 2.16. The first-order chi connectivity index (χ1) is 13.2. The Labute approximate surface area is 159 Å². The first kappa shape index (κ1) is 17.5. The highest BCUT2D eigenvalue weighted by molar-refractivity contribution is 5.78. The minimum Gasteiger partial charge on any atom is -0.484 e. The molecule has 0 spiro atoms. The van der Waals surface area contributed by atoms with Crippen molar-refractivity contribution in [2.24, 2.45) is 7.05 Å². The summed E-state index contributed by atoms with van der Waals surface area (Å²) in [7, 11) is 2.06. The van der Waals surface area contributed by atoms with Crippen LogP contribution in [0.4, 0.5) is 0 Å². The lowest BCUT2D eigenvalue weighted by atomic mass is 10.3. The molecule has 0 N–H and O–H groups in total. The summed E-state index contributed by atoms with van der Waals surface area (Å²) in [5, 5.41) is 0. The number of ether oxygens (including phenoxy) is 1. The average molecular weight is 364 g/mol. The molecule has 1 saturated heterocycles. The third kappa shape index (κ3) is 3.95. The van der Waals surface area contributed by atoms with Crippen LogP contribution in [0.5, 0.6) is 5.75 Å². The molecule has 0 bridgehead atoms. The standard InChI is InChI=1S/C21H24N4O2/c1-23-19-10-6-5-9-18(19)22-20(23)15-24-11-13-25(14-12-24)21(26)16-27-17-7-3-2-4-8-17/h2-10H,11-16H2,1H3. The number of fused-ring (bicyclic) bond motifs is 1. The van der Waals surface area contributed by atoms with E-state index < -0.39 is 0 Å². The second-order valence-electron chi connectivity index (χ2n) is 6.83. The van der Waals surface area contributed by atoms with Gasteiger partial charge in [0.2, 0.25) is 0 Å². The molecule has 1 aliphatic heterocycles. The van der Waals surface area contributed by atoms with Crippen molar-refractivity contribution in [3.8, 4) is 5.75 Å². The Morgan fingerprint density at radius 3 is 2.44 bits per heavy atom. The number of aromatic nitrogens is 2. The Hall–Kier alpha value is -2.86. The first-order valence-corrected chi connectivity index (χ1v) is 9.29. The molecule has 0 saturated carbocycles. The van der Waals surface area contributed by atoms with E-state index in [9.17, 15) is 4.79 Å². The second kappa shape index (κ2) is 7.80. The fourth-order valence-electron chi connectivity index (χ4n) is 3.45. The van der Waals surface area contributed by atoms with Gasteiger partial charge in [-0.15, -0.1) is 0 Å². The van der Waals surface area contributed by atoms with Gasteiger partial charge in [-0.3, -0.25) is 9.69 Å². The number of nitrogens with zero attached hydrogens (tertiary/aromatic N) is 4. The molecule has 2 aromatic carbocycles. The molecule has 1 amide bonds. The van der Waals surface area contributed by atoms with Gasteiger partial charge in [0.15, 0.2) is 6.61 Å². The molecule has 6 heteroatoms. The van der Waals surface area contributed by atoms with Gasteiger partial charge in [0.05, 0.1) is 17.6 Å². The normalized spacial score (nSPS) is 15.2. The number of benzene rings is 2. The van der Waals surface area contributed by atoms with Crippen molar-refractivity contribution in [1.29, 1.82) is 0 Å². The van der Waals surface area contributed by atoms with Crippen molar-refractivity contribution in [3.05, 3.63) is 60.4 Å². The van der Waals surface area contributed by atoms with Crippen LogP contribution in [0.2, 0.25) is 0 Å². The third-order valence-electron chi connectivity index (χ3n) is 5.08. The summed E-state index contributed by atoms with van der Waals surface area (Å²) in [4.78, 5) is 21.4. The zero-order valence-corrected chi connectivity index (χ0v) is 15.5. The molecule has 3 aromatic rings. The molecule has 1 fully saturated rings. The largest absolute Gasteiger partial charge is 0.484 e. The van der Waals surface area contributed by atoms with Crippen LogP contribution < -0.4 is 4.74 Å². The van der Waals surface area contributed by atoms with Gasteiger partial charge >= 0.3 is 0 Å². The van der Waals surface area contributed by atoms with Gasteiger partial charge in [0, 0.05) is 33.2 Å². The Morgan fingerprint density at radius 1 is 1.00 bits per heavy atom. The maximum Gasteiger partial charge on any atom is 0.260 e. The SMILES string of the molecule is Cn1c(CN2CCN(C(=O)COc3ccccc3)CC2)nc2ccccc21. The molecular formula is C21H24N4O2. The number of hydrogen-bond donors (Lipinski definition) is 0. The third-order valence-corrected chi connectivity index (χ3v) is 5.08. The average Bonchev–Trinajstić information content (AvgIpc) is 3.03. The number of para-hydroxylation sites is 3. The van der Waals surface area contributed by atoms with E-state index in [1.165, 1.54) is 0 Å². The van der Waals surface area contributed by atoms with Crippen LogP contribution in [0, 0.1) is 0 Å². The lowest BCUT2D eigenvalue weighted by molar-refractivity contribution is -0.135. The monoisotopic (exact) mass is 364 g/mol. The lowest BCUT2D eigenvalue weighted by Crippen LogP contribution is -2.49. The van der Waals surface area contributed by atoms with Crippen molar-refractivity contribution in [2.75, 3.05) is 32.8 Å². The number of carbonyl (C=O) groups is 1. The van der Waals surface area contributed by atoms with E-state index in [4.69, 9.17) is 9.72 Å². The predicted octanol–water partition coefficient (Wildman–Crippen LogP) is 2.30. The zero-order valence-electron chi connectivity index (χ0n) is 15.5. The Bertz CT molecular complexity index is 914. The smallest absolute Gasteiger partial charge is 0.260 e. The van der Waals surface area contributed by atoms with Gasteiger partial charge in [-0.2, -0.15) is 0 Å². The Kier molecular flexibility index (Phi) is 5.07. The van der Waals surface area contributed by atoms with Crippen molar-refractivity contribution < 1.29 is 9.53 Å². The molecule has 1 aromatic heterocycles. The van der Waals surface area contributed by atoms with E-state index in [0.29, 0.717) is 0 Å². The van der Waals surface area contributed by atoms with Gasteiger partial charge < -0.3 is 14.2 Å². The van der Waals surface area contributed by atoms with E-state index in [1.807, 2.05) is 53.4 Å². The minimum absolute atomic E-state index is 0.0428. The van der Waals surface area contributed by atoms with Gasteiger partial charge in [-0.05, 0) is 24.3 Å². The van der Waals surface area contributed by atoms with E-state index in [-0.39, 0.29) is 12.5 Å². The molecule has 6 nitrogen and oxygen atoms in total. The van der Waals surface area contributed by atoms with Crippen LogP contribution >= 0.6 is 0 Å². The molecule has 4 rings (SSSR count). The number of imidazole rings is 1. The fourth-order valence-corrected chi connectivity index (χ4v) is 3.45. The van der Waals surface area contributed by atoms with Crippen LogP contribution in [-0.4, -0.2) is 58.0 Å². The molecule has 1 aliphatic rings. The number of aryl methyl sites for hydroxylation is 1. The van der Waals surface area contributed by atoms with E-state index in [1.54, 1.807) is 0 Å². The first-order valence-electron chi connectivity index (χ1n) is 9.29. The number of piperazine rings is 1. The summed E-state index contributed by atoms with van der Waals surface area (Å²) in [5.41, 5.74) is 2.18. The predicted molar refractivity (Wildman–Crippen MR) is 105 cm³/mol. The Balaban J connectivity index is 1.29. The van der Waals surface area contributed by atoms with Gasteiger partial charge in [-0.25, -0.2) is 4.98 Å². The Morgan fingerprint density at radius 2 is 1.70 bits per heavy atom. The number of carbonyl (C=O) groups excluding carboxylic acids is 1. The summed E-state index contributed by atoms with van der Waals surface area (Å²) in [5.74, 6) is 1.83. The summed E-state index contributed by atoms with van der Waals surface area (Å²) >= 11 is 0. The summed E-state index contributed by atoms with van der Waals surface area (Å²) in [6.45, 7) is 4.03. The van der Waals surface area contributed by atoms with Crippen LogP contribution in [0.1, 0.15) is 5.82 Å². The molecular weight excluding hydrogens is 340 g/mol. The van der Waals surface area contributed by atoms with E-state index >= 15 is 0 Å². The van der Waals surface area contributed by atoms with Crippen molar-refractivity contribution in [1.82, 2.24) is 19.4 Å². The summed E-state index contributed by atoms with van der Waals surface area (Å²) in [6, 6.07) is 17.6. The highest BCUT2D eigenvalue weighted by atomic mass is 16.5. The molecule has 0 radical (unpaired) electrons. The summed E-state index contributed by atoms with van der Waals surface area (Å²) in [6.07, 6.45) is 0. The van der Waals surface area contributed by atoms with Crippen LogP contribution in [0.15, 0.2) is 54.6 Å². The molecule has 0 aliphatic carbocycles. The molecule has 0 unspecified atom stereocenters. The second-order valence-corrected chi connectivity index (χ2v) is 6.83. The zero-order chi connectivity index (χ0) is 18.6. The van der Waals surface area contributed by atoms with Gasteiger partial charge in [0.25, 0.3) is 5.91 Å². The highest BCUT2D eigenvalue weighted by Gasteiger charge is 2.22. The maximum absolute atomic E-state index is 12.4. The van der Waals surface area contributed by atoms with Crippen LogP contribution in [0.25, 0.3) is 11.0 Å². The molecule has 0 atom stereocenters. The lowest BCUT2D eigenvalue weighted by Gasteiger charge is -2.34. The maximum atomic E-state index is 12.4. The van der Waals surface area contributed by atoms with E-state index in [2.05, 4.69) is 22.6 Å². The van der Waals surface area contributed by atoms with Crippen molar-refractivity contribution in [3.63, 3.8) is 0 Å².